The maximum atomic E-state index is 12.1. The van der Waals surface area contributed by atoms with Gasteiger partial charge in [-0.15, -0.1) is 0 Å². The van der Waals surface area contributed by atoms with Gasteiger partial charge in [0, 0.05) is 12.1 Å². The lowest BCUT2D eigenvalue weighted by atomic mass is 10.1. The van der Waals surface area contributed by atoms with Crippen molar-refractivity contribution in [1.29, 1.82) is 0 Å². The van der Waals surface area contributed by atoms with Crippen molar-refractivity contribution in [2.24, 2.45) is 11.7 Å². The lowest BCUT2D eigenvalue weighted by molar-refractivity contribution is 0.0999. The van der Waals surface area contributed by atoms with Gasteiger partial charge in [-0.25, -0.2) is 13.1 Å². The third kappa shape index (κ3) is 3.36. The molecule has 0 heterocycles. The molecule has 110 valence electrons. The third-order valence-corrected chi connectivity index (χ3v) is 4.85. The van der Waals surface area contributed by atoms with E-state index in [1.807, 2.05) is 0 Å². The molecule has 6 nitrogen and oxygen atoms in total. The highest BCUT2D eigenvalue weighted by Crippen LogP contribution is 2.32. The quantitative estimate of drug-likeness (QED) is 0.694. The molecule has 1 aromatic rings. The van der Waals surface area contributed by atoms with Crippen LogP contribution in [0.2, 0.25) is 0 Å². The Hall–Kier alpha value is -1.44. The molecule has 1 saturated carbocycles. The van der Waals surface area contributed by atoms with Crippen LogP contribution in [0.3, 0.4) is 0 Å². The number of hydrogen-bond acceptors (Lipinski definition) is 4. The first-order valence-corrected chi connectivity index (χ1v) is 7.88. The number of aliphatic hydroxyl groups excluding tert-OH is 1. The summed E-state index contributed by atoms with van der Waals surface area (Å²) >= 11 is 0. The van der Waals surface area contributed by atoms with Crippen LogP contribution >= 0.6 is 0 Å². The topological polar surface area (TPSA) is 109 Å². The molecule has 1 aliphatic carbocycles. The summed E-state index contributed by atoms with van der Waals surface area (Å²) in [6.45, 7) is 1.66. The van der Waals surface area contributed by atoms with Crippen LogP contribution in [0.5, 0.6) is 0 Å². The summed E-state index contributed by atoms with van der Waals surface area (Å²) in [6, 6.07) is 4.20. The highest BCUT2D eigenvalue weighted by atomic mass is 32.2. The molecule has 0 saturated heterocycles. The van der Waals surface area contributed by atoms with Gasteiger partial charge in [0.05, 0.1) is 11.0 Å². The standard InChI is InChI=1S/C13H18N2O4S/c1-8-2-5-10(6-11(8)13(14)17)20(18,19)15-7-12(16)9-3-4-9/h2,5-6,9,12,15-16H,3-4,7H2,1H3,(H2,14,17). The van der Waals surface area contributed by atoms with Crippen LogP contribution in [0.25, 0.3) is 0 Å². The van der Waals surface area contributed by atoms with Gasteiger partial charge in [0.2, 0.25) is 15.9 Å². The van der Waals surface area contributed by atoms with Gasteiger partial charge in [0.1, 0.15) is 0 Å². The average Bonchev–Trinajstić information content (AvgIpc) is 3.20. The van der Waals surface area contributed by atoms with Gasteiger partial charge in [0.15, 0.2) is 0 Å². The molecule has 1 aliphatic rings. The molecular formula is C13H18N2O4S. The number of rotatable bonds is 6. The van der Waals surface area contributed by atoms with Gasteiger partial charge in [-0.05, 0) is 43.4 Å². The first-order chi connectivity index (χ1) is 9.31. The molecular weight excluding hydrogens is 280 g/mol. The molecule has 1 aromatic carbocycles. The Morgan fingerprint density at radius 1 is 1.50 bits per heavy atom. The zero-order valence-electron chi connectivity index (χ0n) is 11.2. The number of aryl methyl sites for hydroxylation is 1. The van der Waals surface area contributed by atoms with Crippen LogP contribution in [-0.2, 0) is 10.0 Å². The molecule has 7 heteroatoms. The lowest BCUT2D eigenvalue weighted by Gasteiger charge is -2.12. The molecule has 1 amide bonds. The molecule has 0 bridgehead atoms. The second kappa shape index (κ2) is 5.51. The number of carbonyl (C=O) groups is 1. The van der Waals surface area contributed by atoms with E-state index in [0.29, 0.717) is 5.56 Å². The normalized spacial score (nSPS) is 16.9. The Kier molecular flexibility index (Phi) is 4.12. The minimum atomic E-state index is -3.75. The number of aliphatic hydroxyl groups is 1. The number of benzene rings is 1. The molecule has 1 unspecified atom stereocenters. The molecule has 0 aromatic heterocycles. The van der Waals surface area contributed by atoms with Crippen molar-refractivity contribution in [3.05, 3.63) is 29.3 Å². The van der Waals surface area contributed by atoms with Crippen molar-refractivity contribution < 1.29 is 18.3 Å². The fourth-order valence-electron chi connectivity index (χ4n) is 1.96. The Morgan fingerprint density at radius 2 is 2.15 bits per heavy atom. The van der Waals surface area contributed by atoms with Gasteiger partial charge in [-0.3, -0.25) is 4.79 Å². The number of primary amides is 1. The fourth-order valence-corrected chi connectivity index (χ4v) is 3.04. The maximum Gasteiger partial charge on any atom is 0.249 e. The Bertz CT molecular complexity index is 623. The van der Waals surface area contributed by atoms with Crippen LogP contribution in [0, 0.1) is 12.8 Å². The molecule has 2 rings (SSSR count). The van der Waals surface area contributed by atoms with E-state index in [2.05, 4.69) is 4.72 Å². The highest BCUT2D eigenvalue weighted by Gasteiger charge is 2.30. The summed E-state index contributed by atoms with van der Waals surface area (Å²) in [4.78, 5) is 11.2. The van der Waals surface area contributed by atoms with E-state index in [1.165, 1.54) is 18.2 Å². The van der Waals surface area contributed by atoms with Crippen molar-refractivity contribution in [3.63, 3.8) is 0 Å². The number of sulfonamides is 1. The fraction of sp³-hybridized carbons (Fsp3) is 0.462. The molecule has 4 N–H and O–H groups in total. The van der Waals surface area contributed by atoms with Crippen LogP contribution in [-0.4, -0.2) is 32.1 Å². The van der Waals surface area contributed by atoms with E-state index in [4.69, 9.17) is 5.73 Å². The number of nitrogens with one attached hydrogen (secondary N) is 1. The van der Waals surface area contributed by atoms with Crippen molar-refractivity contribution in [2.75, 3.05) is 6.54 Å². The third-order valence-electron chi connectivity index (χ3n) is 3.43. The summed E-state index contributed by atoms with van der Waals surface area (Å²) in [5.41, 5.74) is 6.00. The molecule has 20 heavy (non-hydrogen) atoms. The second-order valence-corrected chi connectivity index (χ2v) is 6.86. The smallest absolute Gasteiger partial charge is 0.249 e. The van der Waals surface area contributed by atoms with Crippen LogP contribution in [0.4, 0.5) is 0 Å². The van der Waals surface area contributed by atoms with Crippen LogP contribution in [0.15, 0.2) is 23.1 Å². The van der Waals surface area contributed by atoms with E-state index in [1.54, 1.807) is 6.92 Å². The van der Waals surface area contributed by atoms with Gasteiger partial charge in [-0.1, -0.05) is 6.07 Å². The predicted molar refractivity (Wildman–Crippen MR) is 73.6 cm³/mol. The largest absolute Gasteiger partial charge is 0.391 e. The summed E-state index contributed by atoms with van der Waals surface area (Å²) in [5, 5.41) is 9.69. The summed E-state index contributed by atoms with van der Waals surface area (Å²) in [7, 11) is -3.75. The van der Waals surface area contributed by atoms with Gasteiger partial charge < -0.3 is 10.8 Å². The zero-order chi connectivity index (χ0) is 14.9. The monoisotopic (exact) mass is 298 g/mol. The average molecular weight is 298 g/mol. The Morgan fingerprint density at radius 3 is 2.70 bits per heavy atom. The number of nitrogens with two attached hydrogens (primary N) is 1. The van der Waals surface area contributed by atoms with Gasteiger partial charge >= 0.3 is 0 Å². The van der Waals surface area contributed by atoms with Crippen LogP contribution < -0.4 is 10.5 Å². The molecule has 0 spiro atoms. The van der Waals surface area contributed by atoms with Gasteiger partial charge in [-0.2, -0.15) is 0 Å². The van der Waals surface area contributed by atoms with Crippen LogP contribution in [0.1, 0.15) is 28.8 Å². The SMILES string of the molecule is Cc1ccc(S(=O)(=O)NCC(O)C2CC2)cc1C(N)=O. The van der Waals surface area contributed by atoms with Crippen molar-refractivity contribution >= 4 is 15.9 Å². The van der Waals surface area contributed by atoms with E-state index in [-0.39, 0.29) is 22.9 Å². The van der Waals surface area contributed by atoms with E-state index in [0.717, 1.165) is 12.8 Å². The highest BCUT2D eigenvalue weighted by molar-refractivity contribution is 7.89. The Balaban J connectivity index is 2.16. The summed E-state index contributed by atoms with van der Waals surface area (Å²) in [6.07, 6.45) is 1.20. The van der Waals surface area contributed by atoms with Crippen molar-refractivity contribution in [2.45, 2.75) is 30.8 Å². The summed E-state index contributed by atoms with van der Waals surface area (Å²) < 4.78 is 26.5. The van der Waals surface area contributed by atoms with E-state index < -0.39 is 22.0 Å². The molecule has 1 fully saturated rings. The number of amides is 1. The predicted octanol–water partition coefficient (Wildman–Crippen LogP) is 0.143. The number of hydrogen-bond donors (Lipinski definition) is 3. The van der Waals surface area contributed by atoms with Crippen molar-refractivity contribution in [3.8, 4) is 0 Å². The van der Waals surface area contributed by atoms with Crippen molar-refractivity contribution in [1.82, 2.24) is 4.72 Å². The summed E-state index contributed by atoms with van der Waals surface area (Å²) in [5.74, 6) is -0.477. The Labute approximate surface area is 118 Å². The maximum absolute atomic E-state index is 12.1. The molecule has 0 aliphatic heterocycles. The van der Waals surface area contributed by atoms with E-state index in [9.17, 15) is 18.3 Å². The first kappa shape index (κ1) is 15.0. The minimum absolute atomic E-state index is 0.0211. The van der Waals surface area contributed by atoms with E-state index >= 15 is 0 Å². The number of carbonyl (C=O) groups excluding carboxylic acids is 1. The zero-order valence-corrected chi connectivity index (χ0v) is 12.0. The molecule has 1 atom stereocenters. The minimum Gasteiger partial charge on any atom is -0.391 e. The first-order valence-electron chi connectivity index (χ1n) is 6.39. The second-order valence-electron chi connectivity index (χ2n) is 5.10. The lowest BCUT2D eigenvalue weighted by Crippen LogP contribution is -2.33. The molecule has 0 radical (unpaired) electrons. The van der Waals surface area contributed by atoms with Gasteiger partial charge in [0.25, 0.3) is 0 Å².